The van der Waals surface area contributed by atoms with Crippen LogP contribution >= 0.6 is 0 Å². The van der Waals surface area contributed by atoms with Crippen molar-refractivity contribution in [3.05, 3.63) is 12.1 Å². The predicted octanol–water partition coefficient (Wildman–Crippen LogP) is 0.743. The Labute approximate surface area is 86.5 Å². The highest BCUT2D eigenvalue weighted by Crippen LogP contribution is 2.38. The van der Waals surface area contributed by atoms with Crippen molar-refractivity contribution in [1.82, 2.24) is 0 Å². The summed E-state index contributed by atoms with van der Waals surface area (Å²) in [5, 5.41) is 18.6. The van der Waals surface area contributed by atoms with Crippen LogP contribution in [0, 0.1) is 0 Å². The van der Waals surface area contributed by atoms with Gasteiger partial charge in [-0.25, -0.2) is 0 Å². The van der Waals surface area contributed by atoms with Crippen LogP contribution in [0.15, 0.2) is 17.0 Å². The average molecular weight is 234 g/mol. The fraction of sp³-hybridized carbons (Fsp3) is 0.250. The van der Waals surface area contributed by atoms with Gasteiger partial charge in [-0.2, -0.15) is 8.42 Å². The number of hydrogen-bond acceptors (Lipinski definition) is 5. The molecule has 0 bridgehead atoms. The standard InChI is InChI=1S/C8H10O6S/c1-2-14-8-6(9)3-5(4-7(8)10)15(11,12)13/h3-4,9-10H,2H2,1H3,(H,11,12,13). The van der Waals surface area contributed by atoms with Gasteiger partial charge in [-0.3, -0.25) is 4.55 Å². The molecule has 15 heavy (non-hydrogen) atoms. The van der Waals surface area contributed by atoms with Gasteiger partial charge in [0.2, 0.25) is 5.75 Å². The van der Waals surface area contributed by atoms with Crippen LogP contribution in [0.3, 0.4) is 0 Å². The van der Waals surface area contributed by atoms with E-state index in [2.05, 4.69) is 0 Å². The molecule has 1 aromatic rings. The molecule has 0 heterocycles. The number of aromatic hydroxyl groups is 2. The van der Waals surface area contributed by atoms with E-state index in [0.29, 0.717) is 0 Å². The van der Waals surface area contributed by atoms with Crippen molar-refractivity contribution in [2.75, 3.05) is 6.61 Å². The van der Waals surface area contributed by atoms with Gasteiger partial charge in [-0.05, 0) is 6.92 Å². The molecule has 0 saturated carbocycles. The van der Waals surface area contributed by atoms with Crippen LogP contribution in [-0.4, -0.2) is 29.8 Å². The van der Waals surface area contributed by atoms with Crippen molar-refractivity contribution in [3.63, 3.8) is 0 Å². The molecule has 1 aromatic carbocycles. The van der Waals surface area contributed by atoms with Crippen LogP contribution in [0.1, 0.15) is 6.92 Å². The summed E-state index contributed by atoms with van der Waals surface area (Å²) >= 11 is 0. The van der Waals surface area contributed by atoms with Crippen LogP contribution in [0.4, 0.5) is 0 Å². The van der Waals surface area contributed by atoms with Crippen molar-refractivity contribution < 1.29 is 27.9 Å². The van der Waals surface area contributed by atoms with Gasteiger partial charge < -0.3 is 14.9 Å². The summed E-state index contributed by atoms with van der Waals surface area (Å²) in [6.07, 6.45) is 0. The van der Waals surface area contributed by atoms with E-state index in [1.54, 1.807) is 6.92 Å². The molecule has 0 unspecified atom stereocenters. The lowest BCUT2D eigenvalue weighted by molar-refractivity contribution is 0.297. The summed E-state index contributed by atoms with van der Waals surface area (Å²) in [6.45, 7) is 1.84. The van der Waals surface area contributed by atoms with Crippen molar-refractivity contribution in [3.8, 4) is 17.2 Å². The molecule has 0 fully saturated rings. The molecule has 0 aliphatic heterocycles. The number of rotatable bonds is 3. The first-order chi connectivity index (χ1) is 6.86. The SMILES string of the molecule is CCOc1c(O)cc(S(=O)(=O)O)cc1O. The third-order valence-corrected chi connectivity index (χ3v) is 2.44. The van der Waals surface area contributed by atoms with E-state index in [4.69, 9.17) is 9.29 Å². The van der Waals surface area contributed by atoms with Crippen LogP contribution in [-0.2, 0) is 10.1 Å². The molecule has 0 aromatic heterocycles. The Kier molecular flexibility index (Phi) is 3.06. The molecule has 0 atom stereocenters. The van der Waals surface area contributed by atoms with Crippen molar-refractivity contribution >= 4 is 10.1 Å². The Morgan fingerprint density at radius 2 is 1.73 bits per heavy atom. The van der Waals surface area contributed by atoms with Gasteiger partial charge in [0, 0.05) is 12.1 Å². The highest BCUT2D eigenvalue weighted by molar-refractivity contribution is 7.85. The van der Waals surface area contributed by atoms with Crippen LogP contribution < -0.4 is 4.74 Å². The maximum Gasteiger partial charge on any atom is 0.294 e. The van der Waals surface area contributed by atoms with Gasteiger partial charge in [0.15, 0.2) is 11.5 Å². The lowest BCUT2D eigenvalue weighted by Gasteiger charge is -2.08. The molecule has 0 radical (unpaired) electrons. The van der Waals surface area contributed by atoms with Crippen LogP contribution in [0.25, 0.3) is 0 Å². The quantitative estimate of drug-likeness (QED) is 0.666. The zero-order valence-corrected chi connectivity index (χ0v) is 8.65. The summed E-state index contributed by atoms with van der Waals surface area (Å²) in [5.41, 5.74) is 0. The molecule has 84 valence electrons. The molecular formula is C8H10O6S. The van der Waals surface area contributed by atoms with E-state index < -0.39 is 26.5 Å². The lowest BCUT2D eigenvalue weighted by Crippen LogP contribution is -1.99. The summed E-state index contributed by atoms with van der Waals surface area (Å²) < 4.78 is 34.9. The molecule has 7 heteroatoms. The van der Waals surface area contributed by atoms with Crippen LogP contribution in [0.2, 0.25) is 0 Å². The molecule has 6 nitrogen and oxygen atoms in total. The molecule has 0 saturated heterocycles. The van der Waals surface area contributed by atoms with E-state index in [1.807, 2.05) is 0 Å². The van der Waals surface area contributed by atoms with E-state index in [0.717, 1.165) is 12.1 Å². The van der Waals surface area contributed by atoms with E-state index in [1.165, 1.54) is 0 Å². The highest BCUT2D eigenvalue weighted by Gasteiger charge is 2.17. The first-order valence-corrected chi connectivity index (χ1v) is 5.46. The second-order valence-electron chi connectivity index (χ2n) is 2.70. The third-order valence-electron chi connectivity index (χ3n) is 1.61. The number of phenols is 2. The summed E-state index contributed by atoms with van der Waals surface area (Å²) in [5.74, 6) is -1.32. The highest BCUT2D eigenvalue weighted by atomic mass is 32.2. The maximum absolute atomic E-state index is 10.7. The molecule has 0 amide bonds. The summed E-state index contributed by atoms with van der Waals surface area (Å²) in [7, 11) is -4.46. The Bertz CT molecular complexity index is 441. The number of phenolic OH excluding ortho intramolecular Hbond substituents is 2. The minimum Gasteiger partial charge on any atom is -0.504 e. The number of benzene rings is 1. The molecule has 3 N–H and O–H groups in total. The van der Waals surface area contributed by atoms with Gasteiger partial charge in [0.25, 0.3) is 10.1 Å². The first-order valence-electron chi connectivity index (χ1n) is 4.02. The predicted molar refractivity (Wildman–Crippen MR) is 50.8 cm³/mol. The fourth-order valence-electron chi connectivity index (χ4n) is 1.01. The monoisotopic (exact) mass is 234 g/mol. The zero-order valence-electron chi connectivity index (χ0n) is 7.84. The molecule has 0 aliphatic rings. The second kappa shape index (κ2) is 3.95. The average Bonchev–Trinajstić information content (AvgIpc) is 2.09. The number of hydrogen-bond donors (Lipinski definition) is 3. The topological polar surface area (TPSA) is 104 Å². The lowest BCUT2D eigenvalue weighted by atomic mass is 10.3. The maximum atomic E-state index is 10.7. The molecule has 0 aliphatic carbocycles. The van der Waals surface area contributed by atoms with Crippen LogP contribution in [0.5, 0.6) is 17.2 Å². The summed E-state index contributed by atoms with van der Waals surface area (Å²) in [6, 6.07) is 1.58. The Balaban J connectivity index is 3.32. The Morgan fingerprint density at radius 1 is 1.27 bits per heavy atom. The zero-order chi connectivity index (χ0) is 11.6. The Morgan fingerprint density at radius 3 is 2.07 bits per heavy atom. The smallest absolute Gasteiger partial charge is 0.294 e. The van der Waals surface area contributed by atoms with Crippen molar-refractivity contribution in [2.45, 2.75) is 11.8 Å². The Hall–Kier alpha value is -1.47. The van der Waals surface area contributed by atoms with Gasteiger partial charge >= 0.3 is 0 Å². The van der Waals surface area contributed by atoms with E-state index in [-0.39, 0.29) is 12.4 Å². The first kappa shape index (κ1) is 11.6. The van der Waals surface area contributed by atoms with Gasteiger partial charge in [0.1, 0.15) is 4.90 Å². The van der Waals surface area contributed by atoms with Gasteiger partial charge in [-0.1, -0.05) is 0 Å². The van der Waals surface area contributed by atoms with Crippen molar-refractivity contribution in [1.29, 1.82) is 0 Å². The van der Waals surface area contributed by atoms with E-state index in [9.17, 15) is 18.6 Å². The van der Waals surface area contributed by atoms with Gasteiger partial charge in [0.05, 0.1) is 6.61 Å². The second-order valence-corrected chi connectivity index (χ2v) is 4.12. The van der Waals surface area contributed by atoms with Gasteiger partial charge in [-0.15, -0.1) is 0 Å². The largest absolute Gasteiger partial charge is 0.504 e. The normalized spacial score (nSPS) is 11.3. The van der Waals surface area contributed by atoms with E-state index >= 15 is 0 Å². The molecular weight excluding hydrogens is 224 g/mol. The molecule has 1 rings (SSSR count). The fourth-order valence-corrected chi connectivity index (χ4v) is 1.54. The number of ether oxygens (including phenoxy) is 1. The third kappa shape index (κ3) is 2.51. The minimum absolute atomic E-state index is 0.201. The summed E-state index contributed by atoms with van der Waals surface area (Å²) in [4.78, 5) is -0.596. The van der Waals surface area contributed by atoms with Crippen molar-refractivity contribution in [2.24, 2.45) is 0 Å². The molecule has 0 spiro atoms. The minimum atomic E-state index is -4.46.